The minimum atomic E-state index is -3.48. The molecule has 8 heteroatoms. The van der Waals surface area contributed by atoms with Gasteiger partial charge in [-0.25, -0.2) is 8.42 Å². The fourth-order valence-electron chi connectivity index (χ4n) is 4.33. The largest absolute Gasteiger partial charge is 0.331 e. The maximum atomic E-state index is 13.5. The van der Waals surface area contributed by atoms with Crippen LogP contribution in [0.15, 0.2) is 53.7 Å². The van der Waals surface area contributed by atoms with E-state index >= 15 is 0 Å². The van der Waals surface area contributed by atoms with Crippen molar-refractivity contribution in [1.29, 1.82) is 0 Å². The van der Waals surface area contributed by atoms with Crippen LogP contribution in [0.25, 0.3) is 10.4 Å². The smallest absolute Gasteiger partial charge is 0.264 e. The van der Waals surface area contributed by atoms with E-state index in [1.807, 2.05) is 23.2 Å². The number of aromatic nitrogens is 1. The van der Waals surface area contributed by atoms with E-state index in [0.29, 0.717) is 27.6 Å². The van der Waals surface area contributed by atoms with Gasteiger partial charge in [0.25, 0.3) is 5.91 Å². The average molecular weight is 459 g/mol. The number of hydrogen-bond acceptors (Lipinski definition) is 5. The van der Waals surface area contributed by atoms with E-state index in [-0.39, 0.29) is 22.6 Å². The Kier molecular flexibility index (Phi) is 4.92. The Labute approximate surface area is 184 Å². The molecular weight excluding hydrogens is 440 g/mol. The van der Waals surface area contributed by atoms with Gasteiger partial charge < -0.3 is 4.90 Å². The van der Waals surface area contributed by atoms with E-state index in [1.54, 1.807) is 24.4 Å². The number of pyridine rings is 1. The summed E-state index contributed by atoms with van der Waals surface area (Å²) in [5.74, 6) is -0.151. The lowest BCUT2D eigenvalue weighted by Gasteiger charge is -2.35. The summed E-state index contributed by atoms with van der Waals surface area (Å²) >= 11 is 7.40. The molecule has 2 aliphatic heterocycles. The molecule has 1 aromatic carbocycles. The molecule has 0 unspecified atom stereocenters. The summed E-state index contributed by atoms with van der Waals surface area (Å²) in [5.41, 5.74) is 2.36. The number of sulfone groups is 1. The predicted molar refractivity (Wildman–Crippen MR) is 118 cm³/mol. The van der Waals surface area contributed by atoms with E-state index in [0.717, 1.165) is 29.7 Å². The number of carbonyl (C=O) groups excluding carboxylic acids is 1. The monoisotopic (exact) mass is 458 g/mol. The Morgan fingerprint density at radius 3 is 2.87 bits per heavy atom. The van der Waals surface area contributed by atoms with E-state index < -0.39 is 9.84 Å². The highest BCUT2D eigenvalue weighted by atomic mass is 35.5. The number of fused-ring (bicyclic) bond motifs is 3. The number of nitrogens with zero attached hydrogens (tertiary/aromatic N) is 2. The lowest BCUT2D eigenvalue weighted by atomic mass is 9.96. The molecule has 30 heavy (non-hydrogen) atoms. The number of piperidine rings is 1. The molecule has 1 atom stereocenters. The molecule has 0 saturated carbocycles. The topological polar surface area (TPSA) is 67.3 Å². The first kappa shape index (κ1) is 19.7. The first-order valence-electron chi connectivity index (χ1n) is 9.80. The van der Waals surface area contributed by atoms with Gasteiger partial charge in [-0.05, 0) is 54.7 Å². The van der Waals surface area contributed by atoms with Crippen molar-refractivity contribution in [3.63, 3.8) is 0 Å². The van der Waals surface area contributed by atoms with Crippen LogP contribution in [0.1, 0.15) is 46.1 Å². The number of halogens is 1. The minimum Gasteiger partial charge on any atom is -0.331 e. The lowest BCUT2D eigenvalue weighted by Crippen LogP contribution is -2.38. The number of benzene rings is 1. The van der Waals surface area contributed by atoms with Gasteiger partial charge in [-0.2, -0.15) is 0 Å². The number of rotatable bonds is 2. The van der Waals surface area contributed by atoms with E-state index in [4.69, 9.17) is 11.6 Å². The van der Waals surface area contributed by atoms with Gasteiger partial charge in [0.1, 0.15) is 0 Å². The normalized spacial score (nSPS) is 19.8. The highest BCUT2D eigenvalue weighted by Crippen LogP contribution is 2.44. The van der Waals surface area contributed by atoms with Gasteiger partial charge >= 0.3 is 0 Å². The zero-order chi connectivity index (χ0) is 20.9. The van der Waals surface area contributed by atoms with Crippen LogP contribution in [0.3, 0.4) is 0 Å². The molecule has 2 aliphatic rings. The van der Waals surface area contributed by atoms with Gasteiger partial charge in [-0.15, -0.1) is 11.3 Å². The minimum absolute atomic E-state index is 0.00564. The molecular formula is C22H19ClN2O3S2. The highest BCUT2D eigenvalue weighted by molar-refractivity contribution is 7.91. The Morgan fingerprint density at radius 2 is 2.07 bits per heavy atom. The van der Waals surface area contributed by atoms with Crippen molar-refractivity contribution in [3.8, 4) is 10.4 Å². The molecule has 0 radical (unpaired) electrons. The van der Waals surface area contributed by atoms with Gasteiger partial charge in [0, 0.05) is 34.4 Å². The quantitative estimate of drug-likeness (QED) is 0.534. The molecule has 0 aliphatic carbocycles. The van der Waals surface area contributed by atoms with Crippen LogP contribution in [0, 0.1) is 0 Å². The molecule has 3 aromatic rings. The maximum absolute atomic E-state index is 13.5. The van der Waals surface area contributed by atoms with Crippen molar-refractivity contribution < 1.29 is 13.2 Å². The predicted octanol–water partition coefficient (Wildman–Crippen LogP) is 5.12. The van der Waals surface area contributed by atoms with Crippen LogP contribution in [0.2, 0.25) is 5.02 Å². The average Bonchev–Trinajstić information content (AvgIpc) is 3.17. The fraction of sp³-hybridized carbons (Fsp3) is 0.273. The fourth-order valence-corrected chi connectivity index (χ4v) is 7.50. The van der Waals surface area contributed by atoms with Gasteiger partial charge in [-0.3, -0.25) is 9.78 Å². The molecule has 5 nitrogen and oxygen atoms in total. The molecule has 0 spiro atoms. The van der Waals surface area contributed by atoms with Gasteiger partial charge in [-0.1, -0.05) is 23.7 Å². The van der Waals surface area contributed by atoms with Crippen LogP contribution in [-0.4, -0.2) is 30.8 Å². The molecule has 154 valence electrons. The van der Waals surface area contributed by atoms with E-state index in [9.17, 15) is 13.2 Å². The zero-order valence-corrected chi connectivity index (χ0v) is 18.4. The molecule has 1 fully saturated rings. The second-order valence-corrected chi connectivity index (χ2v) is 11.1. The highest BCUT2D eigenvalue weighted by Gasteiger charge is 2.34. The Morgan fingerprint density at radius 1 is 1.20 bits per heavy atom. The first-order valence-corrected chi connectivity index (χ1v) is 12.6. The molecule has 2 aromatic heterocycles. The summed E-state index contributed by atoms with van der Waals surface area (Å²) in [6, 6.07) is 10.6. The Hall–Kier alpha value is -2.22. The molecule has 1 saturated heterocycles. The van der Waals surface area contributed by atoms with Crippen molar-refractivity contribution in [2.45, 2.75) is 36.0 Å². The Balaban J connectivity index is 1.54. The molecule has 1 amide bonds. The van der Waals surface area contributed by atoms with Crippen LogP contribution in [0.4, 0.5) is 0 Å². The van der Waals surface area contributed by atoms with Crippen LogP contribution in [0.5, 0.6) is 0 Å². The third-order valence-corrected chi connectivity index (χ3v) is 8.85. The summed E-state index contributed by atoms with van der Waals surface area (Å²) in [7, 11) is -3.48. The second-order valence-electron chi connectivity index (χ2n) is 7.66. The SMILES string of the molecule is O=C(c1cc2c(s1)-c1ccc(Cl)cc1S(=O)(=O)C2)N1CCCC[C@@H]1c1cccnc1. The number of amides is 1. The summed E-state index contributed by atoms with van der Waals surface area (Å²) in [6.07, 6.45) is 6.48. The molecule has 4 heterocycles. The Bertz CT molecular complexity index is 1240. The van der Waals surface area contributed by atoms with Gasteiger partial charge in [0.2, 0.25) is 0 Å². The van der Waals surface area contributed by atoms with Crippen LogP contribution >= 0.6 is 22.9 Å². The van der Waals surface area contributed by atoms with Crippen molar-refractivity contribution in [3.05, 3.63) is 69.8 Å². The van der Waals surface area contributed by atoms with Crippen molar-refractivity contribution >= 4 is 38.7 Å². The van der Waals surface area contributed by atoms with E-state index in [2.05, 4.69) is 4.98 Å². The van der Waals surface area contributed by atoms with Gasteiger partial charge in [0.15, 0.2) is 9.84 Å². The first-order chi connectivity index (χ1) is 14.4. The summed E-state index contributed by atoms with van der Waals surface area (Å²) in [5, 5.41) is 0.390. The third kappa shape index (κ3) is 3.35. The number of likely N-dealkylation sites (tertiary alicyclic amines) is 1. The molecule has 0 bridgehead atoms. The van der Waals surface area contributed by atoms with Crippen molar-refractivity contribution in [2.75, 3.05) is 6.54 Å². The summed E-state index contributed by atoms with van der Waals surface area (Å²) in [4.78, 5) is 21.3. The zero-order valence-electron chi connectivity index (χ0n) is 16.0. The molecule has 0 N–H and O–H groups in total. The maximum Gasteiger partial charge on any atom is 0.264 e. The van der Waals surface area contributed by atoms with Crippen LogP contribution < -0.4 is 0 Å². The summed E-state index contributed by atoms with van der Waals surface area (Å²) in [6.45, 7) is 0.686. The molecule has 5 rings (SSSR count). The second kappa shape index (κ2) is 7.48. The standard InChI is InChI=1S/C22H19ClN2O3S2/c23-16-6-7-17-20(11-16)30(27,28)13-15-10-19(29-21(15)17)22(26)25-9-2-1-5-18(25)14-4-3-8-24-12-14/h3-4,6-8,10-12,18H,1-2,5,9,13H2/t18-/m1/s1. The number of carbonyl (C=O) groups is 1. The van der Waals surface area contributed by atoms with Gasteiger partial charge in [0.05, 0.1) is 21.6 Å². The van der Waals surface area contributed by atoms with Crippen molar-refractivity contribution in [2.24, 2.45) is 0 Å². The van der Waals surface area contributed by atoms with Crippen molar-refractivity contribution in [1.82, 2.24) is 9.88 Å². The third-order valence-electron chi connectivity index (χ3n) is 5.72. The van der Waals surface area contributed by atoms with E-state index in [1.165, 1.54) is 17.4 Å². The lowest BCUT2D eigenvalue weighted by molar-refractivity contribution is 0.0616. The van der Waals surface area contributed by atoms with Crippen LogP contribution in [-0.2, 0) is 15.6 Å². The summed E-state index contributed by atoms with van der Waals surface area (Å²) < 4.78 is 25.5. The number of thiophene rings is 1. The number of hydrogen-bond donors (Lipinski definition) is 0.